The number of carbonyl (C=O) groups excluding carboxylic acids is 2. The first-order valence-corrected chi connectivity index (χ1v) is 13.2. The van der Waals surface area contributed by atoms with Crippen LogP contribution in [0.1, 0.15) is 36.4 Å². The van der Waals surface area contributed by atoms with Crippen molar-refractivity contribution in [3.05, 3.63) is 72.2 Å². The molecule has 1 atom stereocenters. The van der Waals surface area contributed by atoms with Gasteiger partial charge in [0, 0.05) is 26.6 Å². The van der Waals surface area contributed by atoms with E-state index in [4.69, 9.17) is 4.42 Å². The van der Waals surface area contributed by atoms with Crippen molar-refractivity contribution >= 4 is 33.2 Å². The fourth-order valence-electron chi connectivity index (χ4n) is 4.89. The van der Waals surface area contributed by atoms with E-state index >= 15 is 0 Å². The standard InChI is InChI=1S/C26H27N3O5S/c1-18-16-28(26(31)25-5-3-13-34-25)24-15-22(10-11-23(24)29(18)19(2)30)21-8-6-20(7-9-21)17-27-12-4-14-35(27,32)33/h3,5-11,13,15,18H,4,12,14,16-17H2,1-2H3/t18-/m0/s1. The molecule has 3 heterocycles. The van der Waals surface area contributed by atoms with Gasteiger partial charge in [-0.3, -0.25) is 9.59 Å². The Kier molecular flexibility index (Phi) is 5.98. The fourth-order valence-corrected chi connectivity index (χ4v) is 6.39. The maximum atomic E-state index is 13.2. The molecule has 182 valence electrons. The molecule has 2 amide bonds. The van der Waals surface area contributed by atoms with Crippen LogP contribution in [0.4, 0.5) is 11.4 Å². The molecule has 0 saturated carbocycles. The largest absolute Gasteiger partial charge is 0.459 e. The van der Waals surface area contributed by atoms with Gasteiger partial charge in [0.25, 0.3) is 5.91 Å². The van der Waals surface area contributed by atoms with Crippen molar-refractivity contribution in [2.75, 3.05) is 28.6 Å². The molecule has 0 unspecified atom stereocenters. The van der Waals surface area contributed by atoms with Crippen LogP contribution in [0.3, 0.4) is 0 Å². The predicted molar refractivity (Wildman–Crippen MR) is 134 cm³/mol. The van der Waals surface area contributed by atoms with Crippen LogP contribution in [-0.4, -0.2) is 49.4 Å². The third kappa shape index (κ3) is 4.37. The normalized spacial score (nSPS) is 19.5. The number of sulfonamides is 1. The van der Waals surface area contributed by atoms with Crippen LogP contribution in [0.15, 0.2) is 65.3 Å². The summed E-state index contributed by atoms with van der Waals surface area (Å²) in [4.78, 5) is 29.0. The minimum Gasteiger partial charge on any atom is -0.459 e. The second-order valence-corrected chi connectivity index (χ2v) is 11.1. The number of fused-ring (bicyclic) bond motifs is 1. The highest BCUT2D eigenvalue weighted by molar-refractivity contribution is 7.89. The Hall–Kier alpha value is -3.43. The van der Waals surface area contributed by atoms with Gasteiger partial charge in [0.15, 0.2) is 5.76 Å². The number of hydrogen-bond acceptors (Lipinski definition) is 5. The van der Waals surface area contributed by atoms with Gasteiger partial charge in [0.05, 0.1) is 29.4 Å². The Balaban J connectivity index is 1.48. The molecule has 0 radical (unpaired) electrons. The highest BCUT2D eigenvalue weighted by Crippen LogP contribution is 2.39. The molecule has 0 bridgehead atoms. The summed E-state index contributed by atoms with van der Waals surface area (Å²) in [7, 11) is -3.15. The zero-order valence-corrected chi connectivity index (χ0v) is 20.5. The number of carbonyl (C=O) groups is 2. The Morgan fingerprint density at radius 1 is 1.03 bits per heavy atom. The van der Waals surface area contributed by atoms with Gasteiger partial charge in [-0.25, -0.2) is 8.42 Å². The quantitative estimate of drug-likeness (QED) is 0.550. The average Bonchev–Trinajstić information content (AvgIpc) is 3.48. The number of rotatable bonds is 4. The van der Waals surface area contributed by atoms with Gasteiger partial charge in [-0.05, 0) is 54.3 Å². The van der Waals surface area contributed by atoms with Crippen molar-refractivity contribution in [1.29, 1.82) is 0 Å². The van der Waals surface area contributed by atoms with Gasteiger partial charge in [0.2, 0.25) is 15.9 Å². The van der Waals surface area contributed by atoms with E-state index in [1.165, 1.54) is 17.5 Å². The van der Waals surface area contributed by atoms with Crippen LogP contribution in [0.5, 0.6) is 0 Å². The number of hydrogen-bond donors (Lipinski definition) is 0. The number of benzene rings is 2. The highest BCUT2D eigenvalue weighted by Gasteiger charge is 2.35. The minimum atomic E-state index is -3.15. The van der Waals surface area contributed by atoms with Gasteiger partial charge < -0.3 is 14.2 Å². The number of nitrogens with zero attached hydrogens (tertiary/aromatic N) is 3. The zero-order chi connectivity index (χ0) is 24.7. The number of anilines is 2. The van der Waals surface area contributed by atoms with Crippen LogP contribution in [0.25, 0.3) is 11.1 Å². The lowest BCUT2D eigenvalue weighted by molar-refractivity contribution is -0.117. The Bertz CT molecular complexity index is 1370. The van der Waals surface area contributed by atoms with E-state index < -0.39 is 10.0 Å². The number of furan rings is 1. The molecule has 35 heavy (non-hydrogen) atoms. The van der Waals surface area contributed by atoms with Gasteiger partial charge in [-0.1, -0.05) is 30.3 Å². The van der Waals surface area contributed by atoms with E-state index in [0.29, 0.717) is 37.4 Å². The topological polar surface area (TPSA) is 91.1 Å². The first-order valence-electron chi connectivity index (χ1n) is 11.6. The van der Waals surface area contributed by atoms with E-state index in [2.05, 4.69) is 0 Å². The fraction of sp³-hybridized carbons (Fsp3) is 0.308. The third-order valence-electron chi connectivity index (χ3n) is 6.58. The van der Waals surface area contributed by atoms with Crippen molar-refractivity contribution in [3.8, 4) is 11.1 Å². The predicted octanol–water partition coefficient (Wildman–Crippen LogP) is 3.88. The smallest absolute Gasteiger partial charge is 0.294 e. The van der Waals surface area contributed by atoms with Crippen LogP contribution < -0.4 is 9.80 Å². The van der Waals surface area contributed by atoms with Crippen molar-refractivity contribution in [3.63, 3.8) is 0 Å². The van der Waals surface area contributed by atoms with E-state index in [9.17, 15) is 18.0 Å². The molecule has 0 N–H and O–H groups in total. The summed E-state index contributed by atoms with van der Waals surface area (Å²) in [6.07, 6.45) is 2.13. The van der Waals surface area contributed by atoms with Crippen molar-refractivity contribution in [1.82, 2.24) is 4.31 Å². The Labute approximate surface area is 204 Å². The van der Waals surface area contributed by atoms with E-state index in [1.54, 1.807) is 21.9 Å². The SMILES string of the molecule is CC(=O)N1c2ccc(-c3ccc(CN4CCCS4(=O)=O)cc3)cc2N(C(=O)c2ccco2)C[C@@H]1C. The summed E-state index contributed by atoms with van der Waals surface area (Å²) in [5.41, 5.74) is 4.06. The highest BCUT2D eigenvalue weighted by atomic mass is 32.2. The van der Waals surface area contributed by atoms with Crippen LogP contribution in [0, 0.1) is 0 Å². The summed E-state index contributed by atoms with van der Waals surface area (Å²) >= 11 is 0. The summed E-state index contributed by atoms with van der Waals surface area (Å²) < 4.78 is 31.1. The molecule has 1 saturated heterocycles. The molecule has 2 aliphatic heterocycles. The molecule has 3 aromatic rings. The second-order valence-electron chi connectivity index (χ2n) is 9.03. The Morgan fingerprint density at radius 2 is 1.77 bits per heavy atom. The van der Waals surface area contributed by atoms with Crippen molar-refractivity contribution in [2.24, 2.45) is 0 Å². The van der Waals surface area contributed by atoms with E-state index in [0.717, 1.165) is 16.7 Å². The molecule has 1 aromatic heterocycles. The molecule has 9 heteroatoms. The lowest BCUT2D eigenvalue weighted by Gasteiger charge is -2.40. The van der Waals surface area contributed by atoms with E-state index in [1.807, 2.05) is 49.4 Å². The van der Waals surface area contributed by atoms with Gasteiger partial charge in [-0.2, -0.15) is 4.31 Å². The summed E-state index contributed by atoms with van der Waals surface area (Å²) in [5, 5.41) is 0. The van der Waals surface area contributed by atoms with Gasteiger partial charge in [0.1, 0.15) is 0 Å². The molecule has 8 nitrogen and oxygen atoms in total. The molecule has 2 aromatic carbocycles. The first kappa shape index (κ1) is 23.3. The van der Waals surface area contributed by atoms with Crippen molar-refractivity contribution < 1.29 is 22.4 Å². The molecule has 0 spiro atoms. The van der Waals surface area contributed by atoms with Crippen LogP contribution >= 0.6 is 0 Å². The summed E-state index contributed by atoms with van der Waals surface area (Å²) in [5.74, 6) is 0.109. The van der Waals surface area contributed by atoms with Crippen LogP contribution in [0.2, 0.25) is 0 Å². The lowest BCUT2D eigenvalue weighted by Crippen LogP contribution is -2.51. The zero-order valence-electron chi connectivity index (χ0n) is 19.7. The average molecular weight is 494 g/mol. The molecule has 5 rings (SSSR count). The first-order chi connectivity index (χ1) is 16.7. The molecule has 1 fully saturated rings. The minimum absolute atomic E-state index is 0.0854. The lowest BCUT2D eigenvalue weighted by atomic mass is 9.99. The molecule has 0 aliphatic carbocycles. The third-order valence-corrected chi connectivity index (χ3v) is 8.48. The van der Waals surface area contributed by atoms with Gasteiger partial charge >= 0.3 is 0 Å². The van der Waals surface area contributed by atoms with Crippen LogP contribution in [-0.2, 0) is 21.4 Å². The maximum Gasteiger partial charge on any atom is 0.294 e. The number of amides is 2. The Morgan fingerprint density at radius 3 is 2.40 bits per heavy atom. The van der Waals surface area contributed by atoms with Gasteiger partial charge in [-0.15, -0.1) is 0 Å². The van der Waals surface area contributed by atoms with Crippen molar-refractivity contribution in [2.45, 2.75) is 32.9 Å². The maximum absolute atomic E-state index is 13.2. The monoisotopic (exact) mass is 493 g/mol. The molecular weight excluding hydrogens is 466 g/mol. The second kappa shape index (κ2) is 8.98. The molecule has 2 aliphatic rings. The van der Waals surface area contributed by atoms with E-state index in [-0.39, 0.29) is 29.4 Å². The summed E-state index contributed by atoms with van der Waals surface area (Å²) in [6, 6.07) is 16.6. The molecular formula is C26H27N3O5S. The summed E-state index contributed by atoms with van der Waals surface area (Å²) in [6.45, 7) is 4.71.